The molecule has 0 bridgehead atoms. The molecule has 4 aromatic rings. The number of aromatic nitrogens is 1. The van der Waals surface area contributed by atoms with Gasteiger partial charge in [0.1, 0.15) is 11.5 Å². The van der Waals surface area contributed by atoms with Gasteiger partial charge in [0, 0.05) is 16.8 Å². The average Bonchev–Trinajstić information content (AvgIpc) is 3.30. The van der Waals surface area contributed by atoms with Crippen molar-refractivity contribution in [3.8, 4) is 11.5 Å². The molecule has 0 radical (unpaired) electrons. The molecule has 0 saturated carbocycles. The fraction of sp³-hybridized carbons (Fsp3) is 0.148. The third-order valence-electron chi connectivity index (χ3n) is 5.14. The van der Waals surface area contributed by atoms with Crippen molar-refractivity contribution in [2.75, 3.05) is 23.8 Å². The van der Waals surface area contributed by atoms with Gasteiger partial charge in [0.25, 0.3) is 11.8 Å². The van der Waals surface area contributed by atoms with E-state index in [0.717, 1.165) is 10.2 Å². The molecular formula is C27H25N5O4S3. The van der Waals surface area contributed by atoms with Crippen molar-refractivity contribution in [2.45, 2.75) is 13.8 Å². The Balaban J connectivity index is 1.34. The number of fused-ring (bicyclic) bond motifs is 1. The number of hydrogen-bond acceptors (Lipinski definition) is 8. The number of amides is 2. The SMILES string of the molecule is CCOc1cccc(C(=O)NC(=S)Nc2ccc3nc(NC(=S)NC(=O)c4cccc(OCC)c4)sc3c2)c1. The van der Waals surface area contributed by atoms with E-state index >= 15 is 0 Å². The summed E-state index contributed by atoms with van der Waals surface area (Å²) in [6.45, 7) is 4.76. The highest BCUT2D eigenvalue weighted by atomic mass is 32.1. The van der Waals surface area contributed by atoms with Crippen LogP contribution in [0.4, 0.5) is 10.8 Å². The lowest BCUT2D eigenvalue weighted by atomic mass is 10.2. The maximum Gasteiger partial charge on any atom is 0.257 e. The molecule has 0 atom stereocenters. The van der Waals surface area contributed by atoms with Crippen molar-refractivity contribution in [3.63, 3.8) is 0 Å². The minimum absolute atomic E-state index is 0.122. The summed E-state index contributed by atoms with van der Waals surface area (Å²) in [6.07, 6.45) is 0. The van der Waals surface area contributed by atoms with E-state index in [0.29, 0.717) is 46.7 Å². The normalized spacial score (nSPS) is 10.4. The van der Waals surface area contributed by atoms with E-state index in [1.807, 2.05) is 26.0 Å². The maximum absolute atomic E-state index is 12.6. The second-order valence-corrected chi connectivity index (χ2v) is 9.79. The molecule has 0 unspecified atom stereocenters. The van der Waals surface area contributed by atoms with Crippen molar-refractivity contribution >= 4 is 78.8 Å². The number of carbonyl (C=O) groups excluding carboxylic acids is 2. The summed E-state index contributed by atoms with van der Waals surface area (Å²) in [5, 5.41) is 12.1. The van der Waals surface area contributed by atoms with Crippen LogP contribution in [0.5, 0.6) is 11.5 Å². The highest BCUT2D eigenvalue weighted by Gasteiger charge is 2.13. The molecule has 200 valence electrons. The summed E-state index contributed by atoms with van der Waals surface area (Å²) in [6, 6.07) is 19.2. The molecule has 0 saturated heterocycles. The Labute approximate surface area is 239 Å². The number of rotatable bonds is 8. The van der Waals surface area contributed by atoms with Crippen LogP contribution in [0.25, 0.3) is 10.2 Å². The van der Waals surface area contributed by atoms with Gasteiger partial charge in [-0.05, 0) is 92.9 Å². The van der Waals surface area contributed by atoms with Crippen molar-refractivity contribution in [2.24, 2.45) is 0 Å². The summed E-state index contributed by atoms with van der Waals surface area (Å²) in [4.78, 5) is 29.6. The lowest BCUT2D eigenvalue weighted by molar-refractivity contribution is 0.0969. The topological polar surface area (TPSA) is 114 Å². The second-order valence-electron chi connectivity index (χ2n) is 7.94. The highest BCUT2D eigenvalue weighted by molar-refractivity contribution is 7.80. The first-order valence-electron chi connectivity index (χ1n) is 12.0. The van der Waals surface area contributed by atoms with E-state index in [4.69, 9.17) is 33.9 Å². The van der Waals surface area contributed by atoms with Gasteiger partial charge < -0.3 is 20.1 Å². The third-order valence-corrected chi connectivity index (χ3v) is 6.48. The van der Waals surface area contributed by atoms with Gasteiger partial charge in [-0.1, -0.05) is 23.5 Å². The van der Waals surface area contributed by atoms with Crippen molar-refractivity contribution in [3.05, 3.63) is 77.9 Å². The molecule has 1 heterocycles. The lowest BCUT2D eigenvalue weighted by Crippen LogP contribution is -2.34. The minimum atomic E-state index is -0.359. The molecule has 4 rings (SSSR count). The zero-order valence-electron chi connectivity index (χ0n) is 21.1. The largest absolute Gasteiger partial charge is 0.494 e. The Kier molecular flexibility index (Phi) is 9.36. The van der Waals surface area contributed by atoms with Gasteiger partial charge in [0.15, 0.2) is 15.4 Å². The van der Waals surface area contributed by atoms with E-state index in [1.165, 1.54) is 11.3 Å². The quantitative estimate of drug-likeness (QED) is 0.205. The minimum Gasteiger partial charge on any atom is -0.494 e. The molecule has 0 spiro atoms. The number of thiocarbonyl (C=S) groups is 2. The molecule has 4 N–H and O–H groups in total. The number of nitrogens with zero attached hydrogens (tertiary/aromatic N) is 1. The summed E-state index contributed by atoms with van der Waals surface area (Å²) < 4.78 is 11.7. The number of thiazole rings is 1. The number of benzene rings is 3. The van der Waals surface area contributed by atoms with Gasteiger partial charge in [-0.3, -0.25) is 20.2 Å². The molecule has 0 fully saturated rings. The first kappa shape index (κ1) is 27.9. The Morgan fingerprint density at radius 3 is 1.92 bits per heavy atom. The fourth-order valence-corrected chi connectivity index (χ4v) is 4.86. The van der Waals surface area contributed by atoms with E-state index in [-0.39, 0.29) is 22.0 Å². The number of anilines is 2. The monoisotopic (exact) mass is 579 g/mol. The number of ether oxygens (including phenoxy) is 2. The zero-order valence-corrected chi connectivity index (χ0v) is 23.5. The van der Waals surface area contributed by atoms with Crippen LogP contribution in [-0.2, 0) is 0 Å². The van der Waals surface area contributed by atoms with Gasteiger partial charge in [-0.2, -0.15) is 0 Å². The second kappa shape index (κ2) is 13.1. The van der Waals surface area contributed by atoms with Crippen molar-refractivity contribution in [1.82, 2.24) is 15.6 Å². The van der Waals surface area contributed by atoms with Gasteiger partial charge in [-0.15, -0.1) is 0 Å². The molecular weight excluding hydrogens is 555 g/mol. The third kappa shape index (κ3) is 7.69. The van der Waals surface area contributed by atoms with Crippen LogP contribution in [0.1, 0.15) is 34.6 Å². The van der Waals surface area contributed by atoms with Gasteiger partial charge in [-0.25, -0.2) is 4.98 Å². The molecule has 0 aliphatic carbocycles. The maximum atomic E-state index is 12.6. The van der Waals surface area contributed by atoms with Crippen molar-refractivity contribution in [1.29, 1.82) is 0 Å². The standard InChI is InChI=1S/C27H25N5O4S3/c1-3-35-19-9-5-7-16(13-19)23(33)30-25(37)28-18-11-12-21-22(15-18)39-27(29-21)32-26(38)31-24(34)17-8-6-10-20(14-17)36-4-2/h5-15H,3-4H2,1-2H3,(H2,28,30,33,37)(H2,29,31,32,34,38). The summed E-state index contributed by atoms with van der Waals surface area (Å²) >= 11 is 12.0. The summed E-state index contributed by atoms with van der Waals surface area (Å²) in [5.41, 5.74) is 2.27. The Hall–Kier alpha value is -4.13. The average molecular weight is 580 g/mol. The zero-order chi connectivity index (χ0) is 27.8. The number of hydrogen-bond donors (Lipinski definition) is 4. The Bertz CT molecular complexity index is 1460. The van der Waals surface area contributed by atoms with Gasteiger partial charge in [0.2, 0.25) is 0 Å². The molecule has 0 aliphatic rings. The van der Waals surface area contributed by atoms with Crippen LogP contribution in [0, 0.1) is 0 Å². The van der Waals surface area contributed by atoms with Crippen LogP contribution < -0.4 is 30.7 Å². The molecule has 9 nitrogen and oxygen atoms in total. The van der Waals surface area contributed by atoms with Crippen LogP contribution in [0.15, 0.2) is 66.7 Å². The van der Waals surface area contributed by atoms with E-state index < -0.39 is 0 Å². The predicted molar refractivity (Wildman–Crippen MR) is 162 cm³/mol. The summed E-state index contributed by atoms with van der Waals surface area (Å²) in [5.74, 6) is 0.509. The fourth-order valence-electron chi connectivity index (χ4n) is 3.48. The first-order valence-corrected chi connectivity index (χ1v) is 13.6. The van der Waals surface area contributed by atoms with E-state index in [1.54, 1.807) is 54.6 Å². The van der Waals surface area contributed by atoms with E-state index in [2.05, 4.69) is 26.3 Å². The number of nitrogens with one attached hydrogen (secondary N) is 4. The smallest absolute Gasteiger partial charge is 0.257 e. The predicted octanol–water partition coefficient (Wildman–Crippen LogP) is 5.35. The van der Waals surface area contributed by atoms with Gasteiger partial charge >= 0.3 is 0 Å². The summed E-state index contributed by atoms with van der Waals surface area (Å²) in [7, 11) is 0. The molecule has 39 heavy (non-hydrogen) atoms. The molecule has 1 aromatic heterocycles. The molecule has 12 heteroatoms. The molecule has 3 aromatic carbocycles. The van der Waals surface area contributed by atoms with Gasteiger partial charge in [0.05, 0.1) is 23.4 Å². The Morgan fingerprint density at radius 1 is 0.795 bits per heavy atom. The van der Waals surface area contributed by atoms with E-state index in [9.17, 15) is 9.59 Å². The van der Waals surface area contributed by atoms with Crippen LogP contribution >= 0.6 is 35.8 Å². The molecule has 0 aliphatic heterocycles. The lowest BCUT2D eigenvalue weighted by Gasteiger charge is -2.10. The first-order chi connectivity index (χ1) is 18.8. The Morgan fingerprint density at radius 2 is 1.36 bits per heavy atom. The van der Waals surface area contributed by atoms with Crippen LogP contribution in [0.3, 0.4) is 0 Å². The number of carbonyl (C=O) groups is 2. The highest BCUT2D eigenvalue weighted by Crippen LogP contribution is 2.28. The van der Waals surface area contributed by atoms with Crippen molar-refractivity contribution < 1.29 is 19.1 Å². The van der Waals surface area contributed by atoms with Crippen LogP contribution in [-0.4, -0.2) is 40.2 Å². The molecule has 2 amide bonds. The van der Waals surface area contributed by atoms with Crippen LogP contribution in [0.2, 0.25) is 0 Å².